The van der Waals surface area contributed by atoms with E-state index in [0.29, 0.717) is 43.4 Å². The second kappa shape index (κ2) is 8.15. The van der Waals surface area contributed by atoms with Crippen molar-refractivity contribution in [3.63, 3.8) is 0 Å². The molecule has 0 radical (unpaired) electrons. The summed E-state index contributed by atoms with van der Waals surface area (Å²) in [6.07, 6.45) is 0. The molecular formula is C19H20FN5O2S2. The number of rotatable bonds is 5. The Hall–Kier alpha value is -2.40. The first-order valence-corrected chi connectivity index (χ1v) is 11.0. The minimum absolute atomic E-state index is 0.107. The topological polar surface area (TPSA) is 74.2 Å². The van der Waals surface area contributed by atoms with Gasteiger partial charge in [0.05, 0.1) is 11.6 Å². The van der Waals surface area contributed by atoms with E-state index in [0.717, 1.165) is 17.7 Å². The third-order valence-corrected chi connectivity index (χ3v) is 7.08. The number of aromatic nitrogens is 3. The van der Waals surface area contributed by atoms with Gasteiger partial charge < -0.3 is 0 Å². The molecule has 0 aliphatic carbocycles. The summed E-state index contributed by atoms with van der Waals surface area (Å²) in [5.41, 5.74) is 0.951. The van der Waals surface area contributed by atoms with Gasteiger partial charge in [-0.2, -0.15) is 9.29 Å². The molecule has 152 valence electrons. The van der Waals surface area contributed by atoms with Crippen molar-refractivity contribution < 1.29 is 12.8 Å². The summed E-state index contributed by atoms with van der Waals surface area (Å²) in [5, 5.41) is 3.21. The van der Waals surface area contributed by atoms with Gasteiger partial charge in [0.15, 0.2) is 5.82 Å². The summed E-state index contributed by atoms with van der Waals surface area (Å²) in [4.78, 5) is 6.62. The largest absolute Gasteiger partial charge is 0.282 e. The van der Waals surface area contributed by atoms with Crippen LogP contribution in [0.3, 0.4) is 0 Å². The fourth-order valence-electron chi connectivity index (χ4n) is 3.24. The van der Waals surface area contributed by atoms with Crippen LogP contribution in [0, 0.1) is 10.6 Å². The van der Waals surface area contributed by atoms with Crippen molar-refractivity contribution in [1.29, 1.82) is 0 Å². The monoisotopic (exact) mass is 433 g/mol. The smallest absolute Gasteiger partial charge is 0.243 e. The highest BCUT2D eigenvalue weighted by Crippen LogP contribution is 2.19. The fourth-order valence-corrected chi connectivity index (χ4v) is 4.86. The zero-order valence-corrected chi connectivity index (χ0v) is 17.2. The van der Waals surface area contributed by atoms with Gasteiger partial charge in [0.1, 0.15) is 5.82 Å². The van der Waals surface area contributed by atoms with Crippen LogP contribution in [0.4, 0.5) is 4.39 Å². The molecule has 10 heteroatoms. The molecule has 0 saturated carbocycles. The molecule has 1 aliphatic heterocycles. The van der Waals surface area contributed by atoms with Crippen LogP contribution in [0.1, 0.15) is 0 Å². The molecular weight excluding hydrogens is 413 g/mol. The highest BCUT2D eigenvalue weighted by molar-refractivity contribution is 7.89. The predicted octanol–water partition coefficient (Wildman–Crippen LogP) is 2.71. The van der Waals surface area contributed by atoms with E-state index in [1.807, 2.05) is 30.3 Å². The number of nitrogens with zero attached hydrogens (tertiary/aromatic N) is 4. The highest BCUT2D eigenvalue weighted by Gasteiger charge is 2.28. The standard InChI is InChI=1S/C19H20FN5O2S2/c20-16-6-8-17(9-7-16)29(26,27)24-12-10-23(11-13-24)14-25-19(28)21-18(22-25)15-4-2-1-3-5-15/h1-9H,10-14H2,(H,21,22,28). The Bertz CT molecular complexity index is 1140. The third kappa shape index (κ3) is 4.30. The van der Waals surface area contributed by atoms with Crippen LogP contribution in [0.2, 0.25) is 0 Å². The van der Waals surface area contributed by atoms with E-state index < -0.39 is 15.8 Å². The van der Waals surface area contributed by atoms with E-state index in [-0.39, 0.29) is 4.90 Å². The maximum Gasteiger partial charge on any atom is 0.243 e. The lowest BCUT2D eigenvalue weighted by Crippen LogP contribution is -2.48. The molecule has 29 heavy (non-hydrogen) atoms. The lowest BCUT2D eigenvalue weighted by atomic mass is 10.2. The van der Waals surface area contributed by atoms with Crippen molar-refractivity contribution in [2.45, 2.75) is 11.6 Å². The summed E-state index contributed by atoms with van der Waals surface area (Å²) in [7, 11) is -3.62. The maximum absolute atomic E-state index is 13.1. The van der Waals surface area contributed by atoms with Gasteiger partial charge in [-0.1, -0.05) is 30.3 Å². The lowest BCUT2D eigenvalue weighted by Gasteiger charge is -2.33. The van der Waals surface area contributed by atoms with Crippen LogP contribution in [0.25, 0.3) is 11.4 Å². The van der Waals surface area contributed by atoms with Gasteiger partial charge >= 0.3 is 0 Å². The number of sulfonamides is 1. The summed E-state index contributed by atoms with van der Waals surface area (Å²) in [6.45, 7) is 2.33. The van der Waals surface area contributed by atoms with Crippen LogP contribution in [0.15, 0.2) is 59.5 Å². The van der Waals surface area contributed by atoms with Crippen LogP contribution >= 0.6 is 12.2 Å². The van der Waals surface area contributed by atoms with Crippen molar-refractivity contribution >= 4 is 22.2 Å². The molecule has 1 saturated heterocycles. The zero-order valence-electron chi connectivity index (χ0n) is 15.5. The van der Waals surface area contributed by atoms with E-state index in [1.54, 1.807) is 4.68 Å². The summed E-state index contributed by atoms with van der Waals surface area (Å²) in [6, 6.07) is 14.6. The second-order valence-corrected chi connectivity index (χ2v) is 9.07. The first-order chi connectivity index (χ1) is 13.9. The molecule has 3 aromatic rings. The van der Waals surface area contributed by atoms with Gasteiger partial charge in [0.25, 0.3) is 0 Å². The van der Waals surface area contributed by atoms with Crippen molar-refractivity contribution in [3.05, 3.63) is 65.2 Å². The Morgan fingerprint density at radius 2 is 1.66 bits per heavy atom. The van der Waals surface area contributed by atoms with E-state index in [9.17, 15) is 12.8 Å². The molecule has 1 aliphatic rings. The first kappa shape index (κ1) is 19.9. The number of H-pyrrole nitrogens is 1. The van der Waals surface area contributed by atoms with E-state index in [1.165, 1.54) is 16.4 Å². The SMILES string of the molecule is O=S(=O)(c1ccc(F)cc1)N1CCN(Cn2[nH]c(-c3ccccc3)nc2=S)CC1. The second-order valence-electron chi connectivity index (χ2n) is 6.77. The molecule has 7 nitrogen and oxygen atoms in total. The molecule has 2 aromatic carbocycles. The van der Waals surface area contributed by atoms with Crippen molar-refractivity contribution in [1.82, 2.24) is 24.0 Å². The predicted molar refractivity (Wildman–Crippen MR) is 110 cm³/mol. The Morgan fingerprint density at radius 3 is 2.31 bits per heavy atom. The van der Waals surface area contributed by atoms with Gasteiger partial charge in [-0.3, -0.25) is 10.00 Å². The average Bonchev–Trinajstić information content (AvgIpc) is 3.10. The number of benzene rings is 2. The van der Waals surface area contributed by atoms with Crippen LogP contribution in [-0.2, 0) is 16.7 Å². The first-order valence-electron chi connectivity index (χ1n) is 9.14. The molecule has 0 bridgehead atoms. The summed E-state index contributed by atoms with van der Waals surface area (Å²) >= 11 is 5.36. The quantitative estimate of drug-likeness (QED) is 0.627. The number of aromatic amines is 1. The molecule has 0 unspecified atom stereocenters. The van der Waals surface area contributed by atoms with Crippen molar-refractivity contribution in [3.8, 4) is 11.4 Å². The molecule has 1 aromatic heterocycles. The van der Waals surface area contributed by atoms with E-state index in [2.05, 4.69) is 15.0 Å². The molecule has 0 amide bonds. The minimum atomic E-state index is -3.62. The van der Waals surface area contributed by atoms with Gasteiger partial charge in [-0.15, -0.1) is 0 Å². The van der Waals surface area contributed by atoms with Gasteiger partial charge in [-0.05, 0) is 36.5 Å². The molecule has 0 atom stereocenters. The molecule has 0 spiro atoms. The van der Waals surface area contributed by atoms with Crippen LogP contribution in [0.5, 0.6) is 0 Å². The highest BCUT2D eigenvalue weighted by atomic mass is 32.2. The maximum atomic E-state index is 13.1. The van der Waals surface area contributed by atoms with Crippen molar-refractivity contribution in [2.75, 3.05) is 26.2 Å². The van der Waals surface area contributed by atoms with Crippen LogP contribution < -0.4 is 0 Å². The lowest BCUT2D eigenvalue weighted by molar-refractivity contribution is 0.145. The van der Waals surface area contributed by atoms with E-state index in [4.69, 9.17) is 12.2 Å². The zero-order chi connectivity index (χ0) is 20.4. The number of hydrogen-bond acceptors (Lipinski definition) is 5. The van der Waals surface area contributed by atoms with Gasteiger partial charge in [0.2, 0.25) is 14.8 Å². The van der Waals surface area contributed by atoms with Gasteiger partial charge in [-0.25, -0.2) is 17.5 Å². The third-order valence-electron chi connectivity index (χ3n) is 4.85. The Morgan fingerprint density at radius 1 is 1.00 bits per heavy atom. The normalized spacial score (nSPS) is 16.2. The van der Waals surface area contributed by atoms with Crippen LogP contribution in [-0.4, -0.2) is 58.6 Å². The fraction of sp³-hybridized carbons (Fsp3) is 0.263. The number of halogens is 1. The van der Waals surface area contributed by atoms with Crippen molar-refractivity contribution in [2.24, 2.45) is 0 Å². The number of piperazine rings is 1. The Kier molecular flexibility index (Phi) is 5.59. The minimum Gasteiger partial charge on any atom is -0.282 e. The van der Waals surface area contributed by atoms with Gasteiger partial charge in [0, 0.05) is 31.7 Å². The Labute approximate surface area is 173 Å². The Balaban J connectivity index is 1.41. The summed E-state index contributed by atoms with van der Waals surface area (Å²) in [5.74, 6) is 0.244. The molecule has 2 heterocycles. The molecule has 1 N–H and O–H groups in total. The number of hydrogen-bond donors (Lipinski definition) is 1. The average molecular weight is 434 g/mol. The van der Waals surface area contributed by atoms with E-state index >= 15 is 0 Å². The summed E-state index contributed by atoms with van der Waals surface area (Å²) < 4.78 is 42.2. The number of nitrogens with one attached hydrogen (secondary N) is 1. The molecule has 1 fully saturated rings. The molecule has 4 rings (SSSR count).